The molecule has 3 N–H and O–H groups in total. The molecule has 0 saturated heterocycles. The van der Waals surface area contributed by atoms with E-state index in [-0.39, 0.29) is 11.8 Å². The topological polar surface area (TPSA) is 61.4 Å². The van der Waals surface area contributed by atoms with E-state index in [1.54, 1.807) is 6.92 Å². The molecule has 0 aliphatic carbocycles. The highest BCUT2D eigenvalue weighted by atomic mass is 16.3. The number of hydrogen-bond acceptors (Lipinski definition) is 3. The lowest BCUT2D eigenvalue weighted by Crippen LogP contribution is -2.38. The van der Waals surface area contributed by atoms with Crippen molar-refractivity contribution in [3.05, 3.63) is 0 Å². The number of carbonyl (C=O) groups is 1. The second kappa shape index (κ2) is 6.86. The van der Waals surface area contributed by atoms with Gasteiger partial charge in [-0.05, 0) is 13.5 Å². The summed E-state index contributed by atoms with van der Waals surface area (Å²) in [5, 5.41) is 14.7. The summed E-state index contributed by atoms with van der Waals surface area (Å²) < 4.78 is 0. The van der Waals surface area contributed by atoms with Gasteiger partial charge < -0.3 is 15.7 Å². The third-order valence-corrected chi connectivity index (χ3v) is 1.72. The lowest BCUT2D eigenvalue weighted by atomic mass is 10.1. The Labute approximate surface area is 79.7 Å². The van der Waals surface area contributed by atoms with Gasteiger partial charge in [0.05, 0.1) is 6.10 Å². The lowest BCUT2D eigenvalue weighted by Gasteiger charge is -2.13. The van der Waals surface area contributed by atoms with Gasteiger partial charge in [-0.15, -0.1) is 0 Å². The first-order chi connectivity index (χ1) is 6.07. The van der Waals surface area contributed by atoms with Gasteiger partial charge in [0, 0.05) is 19.0 Å². The molecule has 0 bridgehead atoms. The Hall–Kier alpha value is -0.610. The second-order valence-electron chi connectivity index (χ2n) is 3.30. The summed E-state index contributed by atoms with van der Waals surface area (Å²) in [4.78, 5) is 11.3. The van der Waals surface area contributed by atoms with Crippen LogP contribution in [0.25, 0.3) is 0 Å². The third kappa shape index (κ3) is 6.54. The highest BCUT2D eigenvalue weighted by molar-refractivity contribution is 5.78. The molecule has 0 spiro atoms. The maximum Gasteiger partial charge on any atom is 0.224 e. The summed E-state index contributed by atoms with van der Waals surface area (Å²) in [6, 6.07) is 0. The number of amides is 1. The van der Waals surface area contributed by atoms with E-state index in [9.17, 15) is 4.79 Å². The van der Waals surface area contributed by atoms with Crippen LogP contribution in [-0.2, 0) is 4.79 Å². The van der Waals surface area contributed by atoms with Crippen LogP contribution in [0.15, 0.2) is 0 Å². The second-order valence-corrected chi connectivity index (χ2v) is 3.30. The SMILES string of the molecule is CCNCC(C)C(=O)NC[C@@H](C)O. The van der Waals surface area contributed by atoms with Crippen molar-refractivity contribution in [2.45, 2.75) is 26.9 Å². The molecule has 0 heterocycles. The van der Waals surface area contributed by atoms with Crippen LogP contribution in [0.4, 0.5) is 0 Å². The van der Waals surface area contributed by atoms with Gasteiger partial charge in [-0.2, -0.15) is 0 Å². The van der Waals surface area contributed by atoms with Gasteiger partial charge in [0.1, 0.15) is 0 Å². The number of carbonyl (C=O) groups excluding carboxylic acids is 1. The Morgan fingerprint density at radius 3 is 2.46 bits per heavy atom. The van der Waals surface area contributed by atoms with Crippen molar-refractivity contribution in [1.29, 1.82) is 0 Å². The fourth-order valence-corrected chi connectivity index (χ4v) is 0.876. The van der Waals surface area contributed by atoms with Crippen LogP contribution in [0.5, 0.6) is 0 Å². The number of hydrogen-bond donors (Lipinski definition) is 3. The first-order valence-corrected chi connectivity index (χ1v) is 4.74. The molecule has 0 aromatic rings. The molecule has 1 unspecified atom stereocenters. The molecule has 0 aromatic carbocycles. The number of rotatable bonds is 6. The van der Waals surface area contributed by atoms with E-state index in [1.807, 2.05) is 13.8 Å². The van der Waals surface area contributed by atoms with E-state index in [0.29, 0.717) is 13.1 Å². The van der Waals surface area contributed by atoms with Crippen molar-refractivity contribution in [1.82, 2.24) is 10.6 Å². The lowest BCUT2D eigenvalue weighted by molar-refractivity contribution is -0.124. The van der Waals surface area contributed by atoms with Gasteiger partial charge in [-0.1, -0.05) is 13.8 Å². The Kier molecular flexibility index (Phi) is 6.54. The largest absolute Gasteiger partial charge is 0.392 e. The van der Waals surface area contributed by atoms with Crippen LogP contribution < -0.4 is 10.6 Å². The Morgan fingerprint density at radius 2 is 2.00 bits per heavy atom. The highest BCUT2D eigenvalue weighted by Gasteiger charge is 2.11. The van der Waals surface area contributed by atoms with Crippen LogP contribution in [0.1, 0.15) is 20.8 Å². The average molecular weight is 188 g/mol. The summed E-state index contributed by atoms with van der Waals surface area (Å²) in [5.41, 5.74) is 0. The first-order valence-electron chi connectivity index (χ1n) is 4.74. The highest BCUT2D eigenvalue weighted by Crippen LogP contribution is 1.92. The zero-order valence-electron chi connectivity index (χ0n) is 8.63. The van der Waals surface area contributed by atoms with E-state index in [2.05, 4.69) is 10.6 Å². The summed E-state index contributed by atoms with van der Waals surface area (Å²) in [6.07, 6.45) is -0.477. The first kappa shape index (κ1) is 12.4. The van der Waals surface area contributed by atoms with Crippen LogP contribution >= 0.6 is 0 Å². The van der Waals surface area contributed by atoms with Crippen molar-refractivity contribution >= 4 is 5.91 Å². The van der Waals surface area contributed by atoms with Crippen molar-refractivity contribution < 1.29 is 9.90 Å². The molecule has 0 saturated carbocycles. The zero-order chi connectivity index (χ0) is 10.3. The Balaban J connectivity index is 3.57. The van der Waals surface area contributed by atoms with Crippen LogP contribution in [0.3, 0.4) is 0 Å². The van der Waals surface area contributed by atoms with E-state index in [4.69, 9.17) is 5.11 Å². The van der Waals surface area contributed by atoms with Gasteiger partial charge in [-0.3, -0.25) is 4.79 Å². The van der Waals surface area contributed by atoms with Crippen molar-refractivity contribution in [3.63, 3.8) is 0 Å². The van der Waals surface area contributed by atoms with Crippen LogP contribution in [0, 0.1) is 5.92 Å². The molecule has 4 nitrogen and oxygen atoms in total. The number of aliphatic hydroxyl groups excluding tert-OH is 1. The minimum atomic E-state index is -0.477. The van der Waals surface area contributed by atoms with Crippen LogP contribution in [0.2, 0.25) is 0 Å². The fraction of sp³-hybridized carbons (Fsp3) is 0.889. The molecule has 2 atom stereocenters. The zero-order valence-corrected chi connectivity index (χ0v) is 8.63. The molecule has 1 amide bonds. The van der Waals surface area contributed by atoms with Crippen molar-refractivity contribution in [2.75, 3.05) is 19.6 Å². The van der Waals surface area contributed by atoms with Crippen LogP contribution in [-0.4, -0.2) is 36.8 Å². The van der Waals surface area contributed by atoms with Crippen molar-refractivity contribution in [2.24, 2.45) is 5.92 Å². The number of aliphatic hydroxyl groups is 1. The van der Waals surface area contributed by atoms with Gasteiger partial charge in [0.25, 0.3) is 0 Å². The molecule has 0 aliphatic rings. The minimum Gasteiger partial charge on any atom is -0.392 e. The molecule has 0 radical (unpaired) electrons. The predicted molar refractivity (Wildman–Crippen MR) is 52.4 cm³/mol. The van der Waals surface area contributed by atoms with Gasteiger partial charge >= 0.3 is 0 Å². The molecular formula is C9H20N2O2. The van der Waals surface area contributed by atoms with E-state index >= 15 is 0 Å². The Morgan fingerprint density at radius 1 is 1.38 bits per heavy atom. The maximum atomic E-state index is 11.3. The summed E-state index contributed by atoms with van der Waals surface area (Å²) in [5.74, 6) is -0.0550. The standard InChI is InChI=1S/C9H20N2O2/c1-4-10-5-7(2)9(13)11-6-8(3)12/h7-8,10,12H,4-6H2,1-3H3,(H,11,13)/t7?,8-/m1/s1. The van der Waals surface area contributed by atoms with Crippen molar-refractivity contribution in [3.8, 4) is 0 Å². The normalized spacial score (nSPS) is 15.1. The summed E-state index contributed by atoms with van der Waals surface area (Å²) in [7, 11) is 0. The third-order valence-electron chi connectivity index (χ3n) is 1.72. The van der Waals surface area contributed by atoms with E-state index in [0.717, 1.165) is 6.54 Å². The van der Waals surface area contributed by atoms with Gasteiger partial charge in [-0.25, -0.2) is 0 Å². The molecule has 0 aromatic heterocycles. The summed E-state index contributed by atoms with van der Waals surface area (Å²) >= 11 is 0. The van der Waals surface area contributed by atoms with Gasteiger partial charge in [0.15, 0.2) is 0 Å². The quantitative estimate of drug-likeness (QED) is 0.537. The minimum absolute atomic E-state index is 0.0122. The summed E-state index contributed by atoms with van der Waals surface area (Å²) in [6.45, 7) is 7.39. The monoisotopic (exact) mass is 188 g/mol. The number of nitrogens with one attached hydrogen (secondary N) is 2. The molecule has 78 valence electrons. The molecule has 13 heavy (non-hydrogen) atoms. The van der Waals surface area contributed by atoms with E-state index < -0.39 is 6.10 Å². The molecule has 0 aliphatic heterocycles. The average Bonchev–Trinajstić information content (AvgIpc) is 2.10. The molecular weight excluding hydrogens is 168 g/mol. The maximum absolute atomic E-state index is 11.3. The smallest absolute Gasteiger partial charge is 0.224 e. The predicted octanol–water partition coefficient (Wildman–Crippen LogP) is -0.271. The Bertz CT molecular complexity index is 149. The molecule has 4 heteroatoms. The molecule has 0 fully saturated rings. The molecule has 0 rings (SSSR count). The fourth-order valence-electron chi connectivity index (χ4n) is 0.876. The van der Waals surface area contributed by atoms with E-state index in [1.165, 1.54) is 0 Å². The van der Waals surface area contributed by atoms with Gasteiger partial charge in [0.2, 0.25) is 5.91 Å².